The van der Waals surface area contributed by atoms with Gasteiger partial charge in [-0.25, -0.2) is 4.79 Å². The number of hydrogen-bond donors (Lipinski definition) is 8. The lowest BCUT2D eigenvalue weighted by atomic mass is 9.83. The van der Waals surface area contributed by atoms with Crippen molar-refractivity contribution in [2.45, 2.75) is 102 Å². The number of aliphatic carboxylic acids is 3. The maximum absolute atomic E-state index is 13.5. The molecule has 4 amide bonds. The van der Waals surface area contributed by atoms with E-state index in [1.165, 1.54) is 0 Å². The minimum absolute atomic E-state index is 0.221. The lowest BCUT2D eigenvalue weighted by Gasteiger charge is -2.33. The van der Waals surface area contributed by atoms with E-state index in [2.05, 4.69) is 33.9 Å². The van der Waals surface area contributed by atoms with Crippen molar-refractivity contribution in [3.05, 3.63) is 0 Å². The molecule has 0 saturated heterocycles. The Bertz CT molecular complexity index is 957. The van der Waals surface area contributed by atoms with E-state index in [0.717, 1.165) is 19.3 Å². The van der Waals surface area contributed by atoms with Gasteiger partial charge in [-0.1, -0.05) is 39.5 Å². The second-order valence-corrected chi connectivity index (χ2v) is 10.6. The van der Waals surface area contributed by atoms with E-state index < -0.39 is 84.5 Å². The Labute approximate surface area is 244 Å². The van der Waals surface area contributed by atoms with Crippen LogP contribution >= 0.6 is 12.6 Å². The molecule has 41 heavy (non-hydrogen) atoms. The molecule has 15 heteroatoms. The van der Waals surface area contributed by atoms with Crippen molar-refractivity contribution in [1.29, 1.82) is 0 Å². The Hall–Kier alpha value is -3.36. The predicted molar refractivity (Wildman–Crippen MR) is 149 cm³/mol. The van der Waals surface area contributed by atoms with Gasteiger partial charge in [0, 0.05) is 18.6 Å². The van der Waals surface area contributed by atoms with Crippen molar-refractivity contribution in [1.82, 2.24) is 21.3 Å². The fourth-order valence-corrected chi connectivity index (χ4v) is 4.78. The van der Waals surface area contributed by atoms with E-state index in [0.29, 0.717) is 19.3 Å². The van der Waals surface area contributed by atoms with E-state index in [1.807, 2.05) is 0 Å². The largest absolute Gasteiger partial charge is 0.481 e. The third kappa shape index (κ3) is 12.8. The zero-order valence-electron chi connectivity index (χ0n) is 23.4. The lowest BCUT2D eigenvalue weighted by molar-refractivity contribution is -0.142. The van der Waals surface area contributed by atoms with Crippen LogP contribution in [0.15, 0.2) is 0 Å². The average Bonchev–Trinajstić information content (AvgIpc) is 2.93. The summed E-state index contributed by atoms with van der Waals surface area (Å²) in [5.41, 5.74) is 0. The SMILES string of the molecule is CCC(C)[C@H](NC(=O)[C@@H](NC(=O)CCC(=O)O)C1CCCCC1)C(=O)N[C@@H](CCC(=O)O)C(=O)N[C@@H](CS)C(=O)O. The second kappa shape index (κ2) is 18.1. The van der Waals surface area contributed by atoms with Crippen LogP contribution in [0.3, 0.4) is 0 Å². The molecule has 0 aromatic heterocycles. The number of hydrogen-bond acceptors (Lipinski definition) is 8. The molecule has 0 heterocycles. The van der Waals surface area contributed by atoms with E-state index in [9.17, 15) is 38.7 Å². The van der Waals surface area contributed by atoms with E-state index in [4.69, 9.17) is 10.2 Å². The monoisotopic (exact) mass is 602 g/mol. The van der Waals surface area contributed by atoms with Gasteiger partial charge in [-0.2, -0.15) is 12.6 Å². The van der Waals surface area contributed by atoms with Crippen molar-refractivity contribution in [3.63, 3.8) is 0 Å². The highest BCUT2D eigenvalue weighted by atomic mass is 32.1. The number of nitrogens with one attached hydrogen (secondary N) is 4. The predicted octanol–water partition coefficient (Wildman–Crippen LogP) is 0.296. The number of carboxylic acid groups (broad SMARTS) is 3. The van der Waals surface area contributed by atoms with Crippen LogP contribution in [0.25, 0.3) is 0 Å². The van der Waals surface area contributed by atoms with Gasteiger partial charge in [-0.15, -0.1) is 0 Å². The van der Waals surface area contributed by atoms with Gasteiger partial charge < -0.3 is 36.6 Å². The summed E-state index contributed by atoms with van der Waals surface area (Å²) in [4.78, 5) is 85.5. The summed E-state index contributed by atoms with van der Waals surface area (Å²) in [5, 5.41) is 37.2. The van der Waals surface area contributed by atoms with Crippen LogP contribution in [0, 0.1) is 11.8 Å². The normalized spacial score (nSPS) is 17.1. The molecule has 0 bridgehead atoms. The van der Waals surface area contributed by atoms with Crippen molar-refractivity contribution >= 4 is 54.2 Å². The molecule has 5 atom stereocenters. The number of carbonyl (C=O) groups is 7. The van der Waals surface area contributed by atoms with Gasteiger partial charge in [-0.05, 0) is 31.1 Å². The third-order valence-electron chi connectivity index (χ3n) is 7.16. The lowest BCUT2D eigenvalue weighted by Crippen LogP contribution is -2.60. The van der Waals surface area contributed by atoms with Crippen LogP contribution in [-0.4, -0.2) is 86.8 Å². The molecule has 1 aliphatic carbocycles. The first-order chi connectivity index (χ1) is 19.3. The van der Waals surface area contributed by atoms with Gasteiger partial charge in [-0.3, -0.25) is 28.8 Å². The second-order valence-electron chi connectivity index (χ2n) is 10.3. The fraction of sp³-hybridized carbons (Fsp3) is 0.731. The van der Waals surface area contributed by atoms with Gasteiger partial charge in [0.15, 0.2) is 0 Å². The first-order valence-corrected chi connectivity index (χ1v) is 14.4. The number of carboxylic acids is 3. The molecule has 1 saturated carbocycles. The van der Waals surface area contributed by atoms with E-state index in [-0.39, 0.29) is 24.5 Å². The van der Waals surface area contributed by atoms with Gasteiger partial charge >= 0.3 is 17.9 Å². The van der Waals surface area contributed by atoms with Crippen LogP contribution in [0.2, 0.25) is 0 Å². The molecular weight excluding hydrogens is 560 g/mol. The Morgan fingerprint density at radius 2 is 1.34 bits per heavy atom. The quantitative estimate of drug-likeness (QED) is 0.100. The van der Waals surface area contributed by atoms with Crippen LogP contribution in [0.5, 0.6) is 0 Å². The van der Waals surface area contributed by atoms with E-state index >= 15 is 0 Å². The summed E-state index contributed by atoms with van der Waals surface area (Å²) < 4.78 is 0. The van der Waals surface area contributed by atoms with Crippen molar-refractivity contribution < 1.29 is 48.9 Å². The minimum atomic E-state index is -1.41. The molecule has 7 N–H and O–H groups in total. The molecule has 0 aromatic rings. The summed E-state index contributed by atoms with van der Waals surface area (Å²) in [6.07, 6.45) is 2.87. The maximum atomic E-state index is 13.5. The Kier molecular flexibility index (Phi) is 15.8. The van der Waals surface area contributed by atoms with E-state index in [1.54, 1.807) is 13.8 Å². The number of thiol groups is 1. The highest BCUT2D eigenvalue weighted by molar-refractivity contribution is 7.80. The smallest absolute Gasteiger partial charge is 0.327 e. The molecule has 1 rings (SSSR count). The van der Waals surface area contributed by atoms with Crippen LogP contribution in [-0.2, 0) is 33.6 Å². The zero-order chi connectivity index (χ0) is 31.1. The van der Waals surface area contributed by atoms with Crippen LogP contribution in [0.4, 0.5) is 0 Å². The van der Waals surface area contributed by atoms with Crippen molar-refractivity contribution in [3.8, 4) is 0 Å². The first kappa shape index (κ1) is 35.7. The highest BCUT2D eigenvalue weighted by Crippen LogP contribution is 2.27. The summed E-state index contributed by atoms with van der Waals surface area (Å²) in [5.74, 6) is -7.59. The Morgan fingerprint density at radius 1 is 0.756 bits per heavy atom. The summed E-state index contributed by atoms with van der Waals surface area (Å²) in [7, 11) is 0. The molecule has 0 radical (unpaired) electrons. The molecule has 0 aromatic carbocycles. The van der Waals surface area contributed by atoms with Gasteiger partial charge in [0.25, 0.3) is 0 Å². The summed E-state index contributed by atoms with van der Waals surface area (Å²) in [6.45, 7) is 3.47. The molecule has 0 aliphatic heterocycles. The Balaban J connectivity index is 3.15. The van der Waals surface area contributed by atoms with Crippen molar-refractivity contribution in [2.75, 3.05) is 5.75 Å². The molecule has 0 spiro atoms. The van der Waals surface area contributed by atoms with Crippen LogP contribution in [0.1, 0.15) is 78.1 Å². The van der Waals surface area contributed by atoms with Gasteiger partial charge in [0.1, 0.15) is 24.2 Å². The summed E-state index contributed by atoms with van der Waals surface area (Å²) in [6, 6.07) is -4.96. The zero-order valence-corrected chi connectivity index (χ0v) is 24.3. The first-order valence-electron chi connectivity index (χ1n) is 13.8. The highest BCUT2D eigenvalue weighted by Gasteiger charge is 2.36. The third-order valence-corrected chi connectivity index (χ3v) is 7.52. The van der Waals surface area contributed by atoms with Crippen LogP contribution < -0.4 is 21.3 Å². The standard InChI is InChI=1S/C26H42N4O10S/c1-3-14(2)21(24(37)27-16(9-11-19(32)33)23(36)28-17(13-41)26(39)40)30-25(38)22(15-7-5-4-6-8-15)29-18(31)10-12-20(34)35/h14-17,21-22,41H,3-13H2,1-2H3,(H,27,37)(H,28,36)(H,29,31)(H,30,38)(H,32,33)(H,34,35)(H,39,40)/t14?,16-,17-,21-,22-/m0/s1. The fourth-order valence-electron chi connectivity index (χ4n) is 4.53. The molecular formula is C26H42N4O10S. The minimum Gasteiger partial charge on any atom is -0.481 e. The van der Waals surface area contributed by atoms with Gasteiger partial charge in [0.05, 0.1) is 6.42 Å². The molecule has 1 fully saturated rings. The number of amides is 4. The average molecular weight is 603 g/mol. The topological polar surface area (TPSA) is 228 Å². The Morgan fingerprint density at radius 3 is 1.85 bits per heavy atom. The number of carbonyl (C=O) groups excluding carboxylic acids is 4. The van der Waals surface area contributed by atoms with Crippen molar-refractivity contribution in [2.24, 2.45) is 11.8 Å². The molecule has 1 aliphatic rings. The molecule has 232 valence electrons. The van der Waals surface area contributed by atoms with Gasteiger partial charge in [0.2, 0.25) is 23.6 Å². The molecule has 14 nitrogen and oxygen atoms in total. The molecule has 1 unspecified atom stereocenters. The number of rotatable bonds is 18. The summed E-state index contributed by atoms with van der Waals surface area (Å²) >= 11 is 3.89. The maximum Gasteiger partial charge on any atom is 0.327 e.